The number of imide groups is 1. The number of urea groups is 1. The Morgan fingerprint density at radius 3 is 2.28 bits per heavy atom. The van der Waals surface area contributed by atoms with Gasteiger partial charge in [-0.1, -0.05) is 30.0 Å². The summed E-state index contributed by atoms with van der Waals surface area (Å²) in [6.45, 7) is 7.26. The second-order valence-corrected chi connectivity index (χ2v) is 9.47. The van der Waals surface area contributed by atoms with Crippen molar-refractivity contribution in [1.29, 1.82) is 0 Å². The lowest BCUT2D eigenvalue weighted by molar-refractivity contribution is -0.119. The van der Waals surface area contributed by atoms with Crippen molar-refractivity contribution in [3.63, 3.8) is 0 Å². The van der Waals surface area contributed by atoms with Crippen LogP contribution in [0.3, 0.4) is 0 Å². The van der Waals surface area contributed by atoms with Crippen LogP contribution in [0.4, 0.5) is 4.79 Å². The number of nitrogens with zero attached hydrogens (tertiary/aromatic N) is 3. The van der Waals surface area contributed by atoms with Gasteiger partial charge in [-0.3, -0.25) is 14.7 Å². The van der Waals surface area contributed by atoms with E-state index in [0.29, 0.717) is 11.0 Å². The normalized spacial score (nSPS) is 12.2. The number of hydrogen-bond acceptors (Lipinski definition) is 6. The van der Waals surface area contributed by atoms with Crippen LogP contribution in [0, 0.1) is 0 Å². The average Bonchev–Trinajstić information content (AvgIpc) is 3.16. The Morgan fingerprint density at radius 1 is 1.03 bits per heavy atom. The monoisotopic (exact) mass is 453 g/mol. The number of methoxy groups -OCH3 is 1. The van der Waals surface area contributed by atoms with Gasteiger partial charge in [-0.15, -0.1) is 10.2 Å². The lowest BCUT2D eigenvalue weighted by Crippen LogP contribution is -2.49. The highest BCUT2D eigenvalue weighted by Crippen LogP contribution is 2.30. The number of amides is 3. The van der Waals surface area contributed by atoms with Crippen molar-refractivity contribution >= 4 is 23.7 Å². The summed E-state index contributed by atoms with van der Waals surface area (Å²) in [5.74, 6) is 0.970. The molecule has 0 aliphatic heterocycles. The molecule has 0 aliphatic carbocycles. The van der Waals surface area contributed by atoms with E-state index >= 15 is 0 Å². The van der Waals surface area contributed by atoms with Crippen LogP contribution in [0.15, 0.2) is 59.8 Å². The first kappa shape index (κ1) is 23.3. The summed E-state index contributed by atoms with van der Waals surface area (Å²) in [4.78, 5) is 24.6. The van der Waals surface area contributed by atoms with Crippen LogP contribution in [0.2, 0.25) is 0 Å². The summed E-state index contributed by atoms with van der Waals surface area (Å²) in [5, 5.41) is 13.8. The molecule has 32 heavy (non-hydrogen) atoms. The molecule has 2 aromatic carbocycles. The number of thioether (sulfide) groups is 1. The molecule has 8 nitrogen and oxygen atoms in total. The third kappa shape index (κ3) is 5.88. The number of carbonyl (C=O) groups excluding carboxylic acids is 2. The molecular formula is C23H27N5O3S. The quantitative estimate of drug-likeness (QED) is 0.547. The van der Waals surface area contributed by atoms with E-state index in [1.54, 1.807) is 14.0 Å². The van der Waals surface area contributed by atoms with Gasteiger partial charge in [-0.05, 0) is 64.1 Å². The summed E-state index contributed by atoms with van der Waals surface area (Å²) in [6.07, 6.45) is 0. The molecule has 0 spiro atoms. The smallest absolute Gasteiger partial charge is 0.321 e. The standard InChI is InChI=1S/C23H27N5O3S/c1-15(20(29)24-21(30)25-23(2,3)4)32-22-27-26-19(16-11-13-18(31-5)14-12-16)28(22)17-9-7-6-8-10-17/h6-15H,1-5H3,(H2,24,25,29,30). The maximum absolute atomic E-state index is 12.6. The molecule has 0 aliphatic rings. The van der Waals surface area contributed by atoms with Gasteiger partial charge < -0.3 is 10.1 Å². The van der Waals surface area contributed by atoms with Crippen LogP contribution in [0.5, 0.6) is 5.75 Å². The predicted molar refractivity (Wildman–Crippen MR) is 125 cm³/mol. The van der Waals surface area contributed by atoms with Gasteiger partial charge in [0, 0.05) is 16.8 Å². The number of rotatable bonds is 6. The molecule has 0 saturated carbocycles. The minimum Gasteiger partial charge on any atom is -0.497 e. The fourth-order valence-electron chi connectivity index (χ4n) is 2.88. The van der Waals surface area contributed by atoms with Crippen molar-refractivity contribution in [3.05, 3.63) is 54.6 Å². The van der Waals surface area contributed by atoms with Crippen molar-refractivity contribution in [3.8, 4) is 22.8 Å². The van der Waals surface area contributed by atoms with Crippen LogP contribution >= 0.6 is 11.8 Å². The highest BCUT2D eigenvalue weighted by Gasteiger charge is 2.24. The van der Waals surface area contributed by atoms with Crippen LogP contribution in [-0.4, -0.2) is 44.6 Å². The van der Waals surface area contributed by atoms with E-state index in [9.17, 15) is 9.59 Å². The molecule has 0 fully saturated rings. The largest absolute Gasteiger partial charge is 0.497 e. The van der Waals surface area contributed by atoms with Crippen LogP contribution < -0.4 is 15.4 Å². The van der Waals surface area contributed by atoms with Gasteiger partial charge in [0.2, 0.25) is 5.91 Å². The Balaban J connectivity index is 1.87. The second-order valence-electron chi connectivity index (χ2n) is 8.16. The molecule has 1 aromatic heterocycles. The second kappa shape index (κ2) is 9.86. The first-order valence-corrected chi connectivity index (χ1v) is 11.0. The Kier molecular flexibility index (Phi) is 7.19. The SMILES string of the molecule is COc1ccc(-c2nnc(SC(C)C(=O)NC(=O)NC(C)(C)C)n2-c2ccccc2)cc1. The van der Waals surface area contributed by atoms with Gasteiger partial charge in [0.1, 0.15) is 5.75 Å². The fourth-order valence-corrected chi connectivity index (χ4v) is 3.75. The van der Waals surface area contributed by atoms with Gasteiger partial charge in [0.05, 0.1) is 12.4 Å². The predicted octanol–water partition coefficient (Wildman–Crippen LogP) is 4.05. The summed E-state index contributed by atoms with van der Waals surface area (Å²) < 4.78 is 7.14. The number of aromatic nitrogens is 3. The zero-order chi connectivity index (χ0) is 23.3. The van der Waals surface area contributed by atoms with Gasteiger partial charge in [-0.25, -0.2) is 4.79 Å². The van der Waals surface area contributed by atoms with E-state index in [4.69, 9.17) is 4.74 Å². The van der Waals surface area contributed by atoms with Gasteiger partial charge in [0.25, 0.3) is 0 Å². The van der Waals surface area contributed by atoms with Crippen LogP contribution in [0.1, 0.15) is 27.7 Å². The Hall–Kier alpha value is -3.33. The Bertz CT molecular complexity index is 1080. The number of hydrogen-bond donors (Lipinski definition) is 2. The van der Waals surface area contributed by atoms with E-state index in [1.165, 1.54) is 11.8 Å². The van der Waals surface area contributed by atoms with Gasteiger partial charge in [-0.2, -0.15) is 0 Å². The molecule has 2 N–H and O–H groups in total. The summed E-state index contributed by atoms with van der Waals surface area (Å²) in [6, 6.07) is 16.7. The lowest BCUT2D eigenvalue weighted by atomic mass is 10.1. The minimum absolute atomic E-state index is 0.412. The molecule has 0 saturated heterocycles. The summed E-state index contributed by atoms with van der Waals surface area (Å²) >= 11 is 1.23. The molecule has 168 valence electrons. The molecule has 9 heteroatoms. The molecule has 1 atom stereocenters. The highest BCUT2D eigenvalue weighted by atomic mass is 32.2. The topological polar surface area (TPSA) is 98.1 Å². The minimum atomic E-state index is -0.573. The Labute approximate surface area is 191 Å². The van der Waals surface area contributed by atoms with Crippen molar-refractivity contribution in [2.75, 3.05) is 7.11 Å². The lowest BCUT2D eigenvalue weighted by Gasteiger charge is -2.21. The number of para-hydroxylation sites is 1. The molecule has 1 unspecified atom stereocenters. The van der Waals surface area contributed by atoms with Crippen molar-refractivity contribution in [1.82, 2.24) is 25.4 Å². The van der Waals surface area contributed by atoms with E-state index in [2.05, 4.69) is 20.8 Å². The molecule has 3 rings (SSSR count). The maximum Gasteiger partial charge on any atom is 0.321 e. The Morgan fingerprint density at radius 2 is 1.69 bits per heavy atom. The van der Waals surface area contributed by atoms with Crippen LogP contribution in [0.25, 0.3) is 17.1 Å². The molecule has 0 radical (unpaired) electrons. The third-order valence-electron chi connectivity index (χ3n) is 4.37. The van der Waals surface area contributed by atoms with E-state index in [1.807, 2.05) is 79.9 Å². The van der Waals surface area contributed by atoms with Crippen molar-refractivity contribution < 1.29 is 14.3 Å². The van der Waals surface area contributed by atoms with Crippen LogP contribution in [-0.2, 0) is 4.79 Å². The third-order valence-corrected chi connectivity index (χ3v) is 5.42. The maximum atomic E-state index is 12.6. The van der Waals surface area contributed by atoms with Gasteiger partial charge in [0.15, 0.2) is 11.0 Å². The van der Waals surface area contributed by atoms with Crippen molar-refractivity contribution in [2.45, 2.75) is 43.6 Å². The average molecular weight is 454 g/mol. The van der Waals surface area contributed by atoms with E-state index in [0.717, 1.165) is 17.0 Å². The zero-order valence-electron chi connectivity index (χ0n) is 18.7. The molecule has 3 amide bonds. The first-order valence-electron chi connectivity index (χ1n) is 10.1. The number of nitrogens with one attached hydrogen (secondary N) is 2. The summed E-state index contributed by atoms with van der Waals surface area (Å²) in [5.41, 5.74) is 1.28. The zero-order valence-corrected chi connectivity index (χ0v) is 19.6. The number of carbonyl (C=O) groups is 2. The molecular weight excluding hydrogens is 426 g/mol. The fraction of sp³-hybridized carbons (Fsp3) is 0.304. The summed E-state index contributed by atoms with van der Waals surface area (Å²) in [7, 11) is 1.62. The van der Waals surface area contributed by atoms with E-state index < -0.39 is 22.7 Å². The number of benzene rings is 2. The molecule has 3 aromatic rings. The van der Waals surface area contributed by atoms with E-state index in [-0.39, 0.29) is 0 Å². The van der Waals surface area contributed by atoms with Crippen molar-refractivity contribution in [2.24, 2.45) is 0 Å². The first-order chi connectivity index (χ1) is 15.2. The highest BCUT2D eigenvalue weighted by molar-refractivity contribution is 8.00. The van der Waals surface area contributed by atoms with Gasteiger partial charge >= 0.3 is 6.03 Å². The molecule has 1 heterocycles. The number of ether oxygens (including phenoxy) is 1. The molecule has 0 bridgehead atoms.